The number of alkyl halides is 3. The molecule has 126 valence electrons. The van der Waals surface area contributed by atoms with E-state index in [0.717, 1.165) is 16.1 Å². The third-order valence-corrected chi connectivity index (χ3v) is 3.79. The summed E-state index contributed by atoms with van der Waals surface area (Å²) >= 11 is 8.34. The van der Waals surface area contributed by atoms with Crippen molar-refractivity contribution in [3.05, 3.63) is 64.1 Å². The fourth-order valence-corrected chi connectivity index (χ4v) is 2.30. The van der Waals surface area contributed by atoms with Gasteiger partial charge in [-0.25, -0.2) is 0 Å². The maximum Gasteiger partial charge on any atom is 0.418 e. The highest BCUT2D eigenvalue weighted by Crippen LogP contribution is 2.34. The first kappa shape index (κ1) is 18.4. The monoisotopic (exact) mass is 415 g/mol. The lowest BCUT2D eigenvalue weighted by Gasteiger charge is -2.14. The number of nitrogens with one attached hydrogen (secondary N) is 2. The van der Waals surface area contributed by atoms with E-state index in [1.54, 1.807) is 6.92 Å². The van der Waals surface area contributed by atoms with Crippen LogP contribution in [0, 0.1) is 0 Å². The summed E-state index contributed by atoms with van der Waals surface area (Å²) in [4.78, 5) is 0. The minimum Gasteiger partial charge on any atom is -0.331 e. The van der Waals surface area contributed by atoms with Crippen molar-refractivity contribution >= 4 is 44.7 Å². The molecule has 0 heterocycles. The van der Waals surface area contributed by atoms with Crippen LogP contribution in [-0.2, 0) is 6.18 Å². The maximum absolute atomic E-state index is 12.9. The third kappa shape index (κ3) is 5.04. The van der Waals surface area contributed by atoms with E-state index in [4.69, 9.17) is 12.2 Å². The van der Waals surface area contributed by atoms with E-state index in [1.165, 1.54) is 18.2 Å². The summed E-state index contributed by atoms with van der Waals surface area (Å²) in [6, 6.07) is 12.6. The van der Waals surface area contributed by atoms with E-state index in [2.05, 4.69) is 31.8 Å². The van der Waals surface area contributed by atoms with Gasteiger partial charge in [-0.05, 0) is 49.0 Å². The minimum absolute atomic E-state index is 0.0249. The number of anilines is 1. The van der Waals surface area contributed by atoms with Gasteiger partial charge in [0.2, 0.25) is 0 Å². The number of thiocarbonyl (C=S) groups is 1. The number of para-hydroxylation sites is 1. The van der Waals surface area contributed by atoms with Crippen molar-refractivity contribution < 1.29 is 13.2 Å². The molecule has 0 aliphatic carbocycles. The molecule has 0 aliphatic rings. The van der Waals surface area contributed by atoms with Gasteiger partial charge in [0.1, 0.15) is 0 Å². The van der Waals surface area contributed by atoms with Crippen LogP contribution in [0.15, 0.2) is 58.1 Å². The van der Waals surface area contributed by atoms with E-state index in [9.17, 15) is 13.2 Å². The molecule has 24 heavy (non-hydrogen) atoms. The predicted molar refractivity (Wildman–Crippen MR) is 97.2 cm³/mol. The number of halogens is 4. The Morgan fingerprint density at radius 3 is 2.33 bits per heavy atom. The highest BCUT2D eigenvalue weighted by Gasteiger charge is 2.33. The van der Waals surface area contributed by atoms with Gasteiger partial charge in [0, 0.05) is 4.47 Å². The Bertz CT molecular complexity index is 758. The van der Waals surface area contributed by atoms with E-state index in [1.807, 2.05) is 24.3 Å². The molecule has 2 aromatic rings. The van der Waals surface area contributed by atoms with Crippen LogP contribution in [0.5, 0.6) is 0 Å². The highest BCUT2D eigenvalue weighted by atomic mass is 79.9. The second-order valence-electron chi connectivity index (χ2n) is 4.81. The lowest BCUT2D eigenvalue weighted by Crippen LogP contribution is -2.26. The largest absolute Gasteiger partial charge is 0.418 e. The minimum atomic E-state index is -4.46. The second-order valence-corrected chi connectivity index (χ2v) is 6.14. The molecule has 0 aromatic heterocycles. The van der Waals surface area contributed by atoms with Crippen LogP contribution in [-0.4, -0.2) is 10.8 Å². The van der Waals surface area contributed by atoms with Gasteiger partial charge in [-0.15, -0.1) is 0 Å². The molecule has 0 radical (unpaired) electrons. The molecule has 2 N–H and O–H groups in total. The van der Waals surface area contributed by atoms with Gasteiger partial charge in [-0.2, -0.15) is 18.3 Å². The molecule has 0 aliphatic heterocycles. The van der Waals surface area contributed by atoms with E-state index >= 15 is 0 Å². The zero-order chi connectivity index (χ0) is 17.7. The first-order chi connectivity index (χ1) is 11.3. The summed E-state index contributed by atoms with van der Waals surface area (Å²) in [5.74, 6) is 0. The zero-order valence-corrected chi connectivity index (χ0v) is 14.9. The maximum atomic E-state index is 12.9. The van der Waals surface area contributed by atoms with E-state index in [0.29, 0.717) is 5.71 Å². The van der Waals surface area contributed by atoms with Crippen molar-refractivity contribution in [3.63, 3.8) is 0 Å². The van der Waals surface area contributed by atoms with Crippen molar-refractivity contribution in [1.29, 1.82) is 0 Å². The number of hydrogen-bond donors (Lipinski definition) is 2. The van der Waals surface area contributed by atoms with Gasteiger partial charge < -0.3 is 5.32 Å². The van der Waals surface area contributed by atoms with Crippen molar-refractivity contribution in [1.82, 2.24) is 5.43 Å². The molecule has 2 rings (SSSR count). The van der Waals surface area contributed by atoms with Gasteiger partial charge in [-0.3, -0.25) is 5.43 Å². The Kier molecular flexibility index (Phi) is 5.95. The van der Waals surface area contributed by atoms with Crippen LogP contribution in [0.3, 0.4) is 0 Å². The van der Waals surface area contributed by atoms with E-state index in [-0.39, 0.29) is 10.8 Å². The number of hydrazone groups is 1. The highest BCUT2D eigenvalue weighted by molar-refractivity contribution is 9.10. The number of benzene rings is 2. The normalized spacial score (nSPS) is 12.0. The molecular weight excluding hydrogens is 403 g/mol. The quantitative estimate of drug-likeness (QED) is 0.412. The molecular formula is C16H13BrF3N3S. The number of hydrogen-bond acceptors (Lipinski definition) is 2. The number of nitrogens with zero attached hydrogens (tertiary/aromatic N) is 1. The Balaban J connectivity index is 2.06. The summed E-state index contributed by atoms with van der Waals surface area (Å²) in [7, 11) is 0. The first-order valence-corrected chi connectivity index (χ1v) is 8.01. The molecule has 0 saturated carbocycles. The smallest absolute Gasteiger partial charge is 0.331 e. The van der Waals surface area contributed by atoms with Crippen LogP contribution in [0.2, 0.25) is 0 Å². The van der Waals surface area contributed by atoms with Crippen LogP contribution in [0.4, 0.5) is 18.9 Å². The average molecular weight is 416 g/mol. The van der Waals surface area contributed by atoms with Crippen LogP contribution in [0.1, 0.15) is 18.1 Å². The van der Waals surface area contributed by atoms with Crippen LogP contribution >= 0.6 is 28.1 Å². The third-order valence-electron chi connectivity index (χ3n) is 3.07. The summed E-state index contributed by atoms with van der Waals surface area (Å²) in [5, 5.41) is 6.57. The van der Waals surface area contributed by atoms with Gasteiger partial charge >= 0.3 is 6.18 Å². The lowest BCUT2D eigenvalue weighted by molar-refractivity contribution is -0.136. The molecule has 3 nitrogen and oxygen atoms in total. The molecule has 0 bridgehead atoms. The van der Waals surface area contributed by atoms with Gasteiger partial charge in [-0.1, -0.05) is 40.2 Å². The fourth-order valence-electron chi connectivity index (χ4n) is 1.88. The number of rotatable bonds is 3. The molecule has 8 heteroatoms. The lowest BCUT2D eigenvalue weighted by atomic mass is 10.1. The summed E-state index contributed by atoms with van der Waals surface area (Å²) < 4.78 is 39.7. The second kappa shape index (κ2) is 7.76. The topological polar surface area (TPSA) is 36.4 Å². The Hall–Kier alpha value is -1.93. The first-order valence-electron chi connectivity index (χ1n) is 6.81. The predicted octanol–water partition coefficient (Wildman–Crippen LogP) is 5.18. The average Bonchev–Trinajstić information content (AvgIpc) is 2.53. The van der Waals surface area contributed by atoms with Gasteiger partial charge in [0.25, 0.3) is 0 Å². The summed E-state index contributed by atoms with van der Waals surface area (Å²) in [5.41, 5.74) is 3.15. The molecule has 2 aromatic carbocycles. The standard InChI is InChI=1S/C16H13BrF3N3S/c1-10(11-6-8-12(17)9-7-11)22-23-15(24)21-14-5-3-2-4-13(14)16(18,19)20/h2-9H,1H3,(H2,21,23,24)/b22-10-. The Labute approximate surface area is 151 Å². The molecule has 0 fully saturated rings. The zero-order valence-electron chi connectivity index (χ0n) is 12.5. The van der Waals surface area contributed by atoms with E-state index < -0.39 is 11.7 Å². The Morgan fingerprint density at radius 2 is 1.71 bits per heavy atom. The molecule has 0 atom stereocenters. The molecule has 0 unspecified atom stereocenters. The SMILES string of the molecule is C/C(=N/NC(=S)Nc1ccccc1C(F)(F)F)c1ccc(Br)cc1. The van der Waals surface area contributed by atoms with Crippen LogP contribution in [0.25, 0.3) is 0 Å². The van der Waals surface area contributed by atoms with Gasteiger partial charge in [0.15, 0.2) is 5.11 Å². The molecule has 0 saturated heterocycles. The van der Waals surface area contributed by atoms with Crippen molar-refractivity contribution in [2.24, 2.45) is 5.10 Å². The molecule has 0 amide bonds. The van der Waals surface area contributed by atoms with Crippen molar-refractivity contribution in [2.45, 2.75) is 13.1 Å². The Morgan fingerprint density at radius 1 is 1.08 bits per heavy atom. The fraction of sp³-hybridized carbons (Fsp3) is 0.125. The van der Waals surface area contributed by atoms with Crippen LogP contribution < -0.4 is 10.7 Å². The van der Waals surface area contributed by atoms with Gasteiger partial charge in [0.05, 0.1) is 17.0 Å². The summed E-state index contributed by atoms with van der Waals surface area (Å²) in [6.07, 6.45) is -4.46. The summed E-state index contributed by atoms with van der Waals surface area (Å²) in [6.45, 7) is 1.77. The van der Waals surface area contributed by atoms with Crippen molar-refractivity contribution in [2.75, 3.05) is 5.32 Å². The van der Waals surface area contributed by atoms with Crippen molar-refractivity contribution in [3.8, 4) is 0 Å². The molecule has 0 spiro atoms.